The van der Waals surface area contributed by atoms with Crippen LogP contribution in [-0.4, -0.2) is 56.4 Å². The van der Waals surface area contributed by atoms with Gasteiger partial charge in [0.15, 0.2) is 11.6 Å². The van der Waals surface area contributed by atoms with Gasteiger partial charge in [-0.2, -0.15) is 0 Å². The van der Waals surface area contributed by atoms with Gasteiger partial charge in [-0.25, -0.2) is 0 Å². The maximum absolute atomic E-state index is 13.4. The molecule has 1 heterocycles. The minimum absolute atomic E-state index is 0.108. The molecule has 0 spiro atoms. The lowest BCUT2D eigenvalue weighted by Gasteiger charge is -2.56. The van der Waals surface area contributed by atoms with Gasteiger partial charge < -0.3 is 24.8 Å². The average molecular weight is 503 g/mol. The lowest BCUT2D eigenvalue weighted by atomic mass is 9.48. The van der Waals surface area contributed by atoms with Crippen molar-refractivity contribution in [3.63, 3.8) is 0 Å². The molecule has 6 nitrogen and oxygen atoms in total. The van der Waals surface area contributed by atoms with Gasteiger partial charge in [0.05, 0.1) is 23.9 Å². The largest absolute Gasteiger partial charge is 0.390 e. The van der Waals surface area contributed by atoms with E-state index in [9.17, 15) is 20.1 Å². The van der Waals surface area contributed by atoms with Gasteiger partial charge >= 0.3 is 0 Å². The molecule has 1 aliphatic heterocycles. The molecule has 3 fully saturated rings. The van der Waals surface area contributed by atoms with Gasteiger partial charge in [-0.1, -0.05) is 31.1 Å². The monoisotopic (exact) mass is 502 g/mol. The molecule has 2 saturated carbocycles. The molecule has 0 amide bonds. The van der Waals surface area contributed by atoms with Crippen molar-refractivity contribution in [1.29, 1.82) is 0 Å². The van der Waals surface area contributed by atoms with Crippen LogP contribution in [-0.2, 0) is 14.3 Å². The Bertz CT molecular complexity index is 990. The van der Waals surface area contributed by atoms with Crippen LogP contribution in [0.15, 0.2) is 23.3 Å². The third-order valence-electron chi connectivity index (χ3n) is 10.6. The standard InChI is InChI=1S/C30H46O6/c1-26(2,34)12-11-25-30(7,36-27(3,4)35-25)19-10-13-28(5)17(19)8-9-18-20(28)14-22(31)21-15-23(32)24(33)16-29(18,21)6/h8,14,18-19,21,23-25,32-34H,9-13,15-16H2,1-7H3. The molecule has 5 aliphatic rings. The number of carbonyl (C=O) groups excluding carboxylic acids is 1. The highest BCUT2D eigenvalue weighted by molar-refractivity contribution is 5.95. The number of ketones is 1. The Kier molecular flexibility index (Phi) is 6.07. The first-order valence-electron chi connectivity index (χ1n) is 13.9. The Morgan fingerprint density at radius 3 is 2.39 bits per heavy atom. The molecule has 0 aromatic rings. The van der Waals surface area contributed by atoms with Crippen LogP contribution in [0, 0.1) is 28.6 Å². The van der Waals surface area contributed by atoms with Crippen LogP contribution in [0.1, 0.15) is 93.4 Å². The summed E-state index contributed by atoms with van der Waals surface area (Å²) < 4.78 is 13.1. The van der Waals surface area contributed by atoms with Gasteiger partial charge in [-0.3, -0.25) is 4.79 Å². The Balaban J connectivity index is 1.49. The minimum Gasteiger partial charge on any atom is -0.390 e. The lowest BCUT2D eigenvalue weighted by Crippen LogP contribution is -2.55. The molecular weight excluding hydrogens is 456 g/mol. The lowest BCUT2D eigenvalue weighted by molar-refractivity contribution is -0.167. The fraction of sp³-hybridized carbons (Fsp3) is 0.833. The van der Waals surface area contributed by atoms with Crippen molar-refractivity contribution in [2.24, 2.45) is 28.6 Å². The maximum Gasteiger partial charge on any atom is 0.164 e. The Morgan fingerprint density at radius 2 is 1.72 bits per heavy atom. The van der Waals surface area contributed by atoms with Gasteiger partial charge in [0.1, 0.15) is 5.60 Å². The second kappa shape index (κ2) is 8.22. The fourth-order valence-electron chi connectivity index (χ4n) is 8.71. The zero-order chi connectivity index (χ0) is 26.5. The molecule has 0 aromatic heterocycles. The van der Waals surface area contributed by atoms with Crippen LogP contribution in [0.3, 0.4) is 0 Å². The van der Waals surface area contributed by atoms with E-state index in [0.29, 0.717) is 25.7 Å². The van der Waals surface area contributed by atoms with Gasteiger partial charge in [-0.15, -0.1) is 0 Å². The summed E-state index contributed by atoms with van der Waals surface area (Å²) in [7, 11) is 0. The highest BCUT2D eigenvalue weighted by Gasteiger charge is 2.63. The smallest absolute Gasteiger partial charge is 0.164 e. The summed E-state index contributed by atoms with van der Waals surface area (Å²) in [6.45, 7) is 14.2. The number of carbonyl (C=O) groups is 1. The van der Waals surface area contributed by atoms with Crippen LogP contribution in [0.25, 0.3) is 0 Å². The Labute approximate surface area is 216 Å². The second-order valence-corrected chi connectivity index (χ2v) is 14.1. The molecule has 0 radical (unpaired) electrons. The molecule has 3 N–H and O–H groups in total. The molecule has 5 rings (SSSR count). The molecule has 6 heteroatoms. The first kappa shape index (κ1) is 26.6. The number of aliphatic hydroxyl groups is 3. The Hall–Kier alpha value is -1.05. The third kappa shape index (κ3) is 3.98. The SMILES string of the molecule is CC(C)(O)CCC1OC(C)(C)OC1(C)C1CCC2(C)C3=CC(=O)C4CC(O)C(O)CC4(C)C3CC=C12. The molecule has 4 aliphatic carbocycles. The van der Waals surface area contributed by atoms with Crippen molar-refractivity contribution < 1.29 is 29.6 Å². The van der Waals surface area contributed by atoms with E-state index in [1.165, 1.54) is 11.1 Å². The van der Waals surface area contributed by atoms with Crippen molar-refractivity contribution in [3.8, 4) is 0 Å². The summed E-state index contributed by atoms with van der Waals surface area (Å²) in [6, 6.07) is 0. The number of allylic oxidation sites excluding steroid dienone is 3. The minimum atomic E-state index is -0.827. The molecule has 36 heavy (non-hydrogen) atoms. The molecular formula is C30H46O6. The van der Waals surface area contributed by atoms with Crippen LogP contribution in [0.5, 0.6) is 0 Å². The summed E-state index contributed by atoms with van der Waals surface area (Å²) in [6.07, 6.45) is 7.45. The van der Waals surface area contributed by atoms with Crippen molar-refractivity contribution in [3.05, 3.63) is 23.3 Å². The number of ether oxygens (including phenoxy) is 2. The van der Waals surface area contributed by atoms with Gasteiger partial charge in [0.25, 0.3) is 0 Å². The van der Waals surface area contributed by atoms with Gasteiger partial charge in [0, 0.05) is 17.3 Å². The van der Waals surface area contributed by atoms with Crippen molar-refractivity contribution >= 4 is 5.78 Å². The molecule has 0 aromatic carbocycles. The molecule has 9 atom stereocenters. The maximum atomic E-state index is 13.4. The first-order chi connectivity index (χ1) is 16.5. The summed E-state index contributed by atoms with van der Waals surface area (Å²) >= 11 is 0. The number of rotatable bonds is 4. The van der Waals surface area contributed by atoms with Crippen LogP contribution < -0.4 is 0 Å². The average Bonchev–Trinajstić information content (AvgIpc) is 3.22. The van der Waals surface area contributed by atoms with E-state index < -0.39 is 29.2 Å². The van der Waals surface area contributed by atoms with E-state index in [4.69, 9.17) is 9.47 Å². The van der Waals surface area contributed by atoms with Crippen molar-refractivity contribution in [1.82, 2.24) is 0 Å². The summed E-state index contributed by atoms with van der Waals surface area (Å²) in [5, 5.41) is 31.3. The number of hydrogen-bond acceptors (Lipinski definition) is 6. The van der Waals surface area contributed by atoms with Gasteiger partial charge in [-0.05, 0) is 97.0 Å². The summed E-state index contributed by atoms with van der Waals surface area (Å²) in [5.41, 5.74) is 0.700. The van der Waals surface area contributed by atoms with E-state index >= 15 is 0 Å². The Morgan fingerprint density at radius 1 is 1.03 bits per heavy atom. The molecule has 1 saturated heterocycles. The van der Waals surface area contributed by atoms with E-state index in [-0.39, 0.29) is 40.5 Å². The van der Waals surface area contributed by atoms with Crippen LogP contribution >= 0.6 is 0 Å². The van der Waals surface area contributed by atoms with Crippen molar-refractivity contribution in [2.75, 3.05) is 0 Å². The number of aliphatic hydroxyl groups excluding tert-OH is 2. The van der Waals surface area contributed by atoms with Gasteiger partial charge in [0.2, 0.25) is 0 Å². The zero-order valence-corrected chi connectivity index (χ0v) is 23.1. The van der Waals surface area contributed by atoms with E-state index in [1.807, 2.05) is 33.8 Å². The predicted molar refractivity (Wildman–Crippen MR) is 137 cm³/mol. The normalized spacial score (nSPS) is 48.1. The molecule has 0 bridgehead atoms. The summed E-state index contributed by atoms with van der Waals surface area (Å²) in [4.78, 5) is 13.4. The first-order valence-corrected chi connectivity index (χ1v) is 13.9. The van der Waals surface area contributed by atoms with Crippen LogP contribution in [0.2, 0.25) is 0 Å². The molecule has 202 valence electrons. The fourth-order valence-corrected chi connectivity index (χ4v) is 8.71. The number of hydrogen-bond donors (Lipinski definition) is 3. The number of fused-ring (bicyclic) bond motifs is 5. The summed E-state index contributed by atoms with van der Waals surface area (Å²) in [5.74, 6) is -0.480. The quantitative estimate of drug-likeness (QED) is 0.492. The highest BCUT2D eigenvalue weighted by atomic mass is 16.8. The van der Waals surface area contributed by atoms with Crippen molar-refractivity contribution in [2.45, 2.75) is 129 Å². The topological polar surface area (TPSA) is 96.2 Å². The van der Waals surface area contributed by atoms with E-state index in [2.05, 4.69) is 26.8 Å². The third-order valence-corrected chi connectivity index (χ3v) is 10.6. The highest BCUT2D eigenvalue weighted by Crippen LogP contribution is 2.66. The van der Waals surface area contributed by atoms with E-state index in [0.717, 1.165) is 19.3 Å². The van der Waals surface area contributed by atoms with Crippen LogP contribution in [0.4, 0.5) is 0 Å². The molecule has 9 unspecified atom stereocenters. The second-order valence-electron chi connectivity index (χ2n) is 14.1. The van der Waals surface area contributed by atoms with E-state index in [1.54, 1.807) is 0 Å². The predicted octanol–water partition coefficient (Wildman–Crippen LogP) is 4.46. The zero-order valence-electron chi connectivity index (χ0n) is 23.1.